The first-order chi connectivity index (χ1) is 23.8. The number of benzene rings is 6. The monoisotopic (exact) mass is 612 g/mol. The van der Waals surface area contributed by atoms with Gasteiger partial charge in [-0.1, -0.05) is 133 Å². The van der Waals surface area contributed by atoms with Gasteiger partial charge in [-0.3, -0.25) is 0 Å². The number of rotatable bonds is 5. The Hall–Kier alpha value is -6.52. The Bertz CT molecular complexity index is 2590. The van der Waals surface area contributed by atoms with E-state index in [0.717, 1.165) is 89.0 Å². The maximum atomic E-state index is 5.27. The Kier molecular flexibility index (Phi) is 6.76. The molecule has 0 atom stereocenters. The molecule has 0 aliphatic heterocycles. The van der Waals surface area contributed by atoms with Crippen LogP contribution in [-0.4, -0.2) is 19.9 Å². The van der Waals surface area contributed by atoms with Crippen molar-refractivity contribution in [3.63, 3.8) is 0 Å². The zero-order chi connectivity index (χ0) is 31.9. The quantitative estimate of drug-likeness (QED) is 0.181. The van der Waals surface area contributed by atoms with Gasteiger partial charge in [-0.25, -0.2) is 19.9 Å². The molecule has 0 spiro atoms. The minimum atomic E-state index is 0.839. The lowest BCUT2D eigenvalue weighted by Gasteiger charge is -2.14. The first-order valence-electron chi connectivity index (χ1n) is 16.1. The molecule has 3 heterocycles. The van der Waals surface area contributed by atoms with E-state index in [-0.39, 0.29) is 0 Å². The molecule has 3 aromatic heterocycles. The second kappa shape index (κ2) is 11.7. The molecule has 0 bridgehead atoms. The molecule has 9 aromatic rings. The molecule has 0 amide bonds. The summed E-state index contributed by atoms with van der Waals surface area (Å²) >= 11 is 0. The summed E-state index contributed by atoms with van der Waals surface area (Å²) in [5.74, 6) is 0. The molecular weight excluding hydrogens is 585 g/mol. The van der Waals surface area contributed by atoms with Gasteiger partial charge in [-0.05, 0) is 47.5 Å². The average molecular weight is 613 g/mol. The van der Waals surface area contributed by atoms with E-state index in [1.807, 2.05) is 72.8 Å². The zero-order valence-electron chi connectivity index (χ0n) is 26.0. The van der Waals surface area contributed by atoms with Crippen LogP contribution in [0.4, 0.5) is 0 Å². The maximum Gasteiger partial charge on any atom is 0.0978 e. The zero-order valence-corrected chi connectivity index (χ0v) is 26.0. The van der Waals surface area contributed by atoms with Crippen LogP contribution >= 0.6 is 0 Å². The van der Waals surface area contributed by atoms with E-state index in [4.69, 9.17) is 19.9 Å². The third-order valence-corrected chi connectivity index (χ3v) is 8.84. The Labute approximate surface area is 278 Å². The standard InChI is InChI=1S/C44H28N4/c1-5-13-29(14-6-1)37-24-22-34-27-36(35-23-26-38(30-15-7-2-8-16-30)46-44(35)43(34)45-37)33-21-25-39-40(28-33)48-42(32-19-11-4-12-20-32)41(47-39)31-17-9-3-10-18-31/h1-28H. The summed E-state index contributed by atoms with van der Waals surface area (Å²) in [6.07, 6.45) is 0. The topological polar surface area (TPSA) is 51.6 Å². The SMILES string of the molecule is c1ccc(-c2ccc3cc(-c4ccc5nc(-c6ccccc6)c(-c6ccccc6)nc5c4)c4ccc(-c5ccccc5)nc4c3n2)cc1. The average Bonchev–Trinajstić information content (AvgIpc) is 3.18. The van der Waals surface area contributed by atoms with Gasteiger partial charge >= 0.3 is 0 Å². The molecule has 9 rings (SSSR count). The van der Waals surface area contributed by atoms with Crippen LogP contribution < -0.4 is 0 Å². The molecule has 0 aliphatic carbocycles. The second-order valence-corrected chi connectivity index (χ2v) is 11.9. The van der Waals surface area contributed by atoms with Gasteiger partial charge in [-0.2, -0.15) is 0 Å². The van der Waals surface area contributed by atoms with Crippen LogP contribution in [0.25, 0.3) is 89.0 Å². The summed E-state index contributed by atoms with van der Waals surface area (Å²) in [6.45, 7) is 0. The maximum absolute atomic E-state index is 5.27. The minimum absolute atomic E-state index is 0.839. The number of hydrogen-bond acceptors (Lipinski definition) is 4. The number of nitrogens with zero attached hydrogens (tertiary/aromatic N) is 4. The van der Waals surface area contributed by atoms with E-state index in [2.05, 4.69) is 97.1 Å². The van der Waals surface area contributed by atoms with Crippen LogP contribution in [0.5, 0.6) is 0 Å². The Balaban J connectivity index is 1.27. The van der Waals surface area contributed by atoms with E-state index in [1.165, 1.54) is 0 Å². The molecule has 0 radical (unpaired) electrons. The van der Waals surface area contributed by atoms with Crippen molar-refractivity contribution < 1.29 is 0 Å². The summed E-state index contributed by atoms with van der Waals surface area (Å²) in [6, 6.07) is 58.3. The highest BCUT2D eigenvalue weighted by molar-refractivity contribution is 6.11. The highest BCUT2D eigenvalue weighted by Gasteiger charge is 2.17. The second-order valence-electron chi connectivity index (χ2n) is 11.9. The molecule has 0 aliphatic rings. The lowest BCUT2D eigenvalue weighted by atomic mass is 9.96. The van der Waals surface area contributed by atoms with Gasteiger partial charge in [0.15, 0.2) is 0 Å². The van der Waals surface area contributed by atoms with E-state index >= 15 is 0 Å². The van der Waals surface area contributed by atoms with Crippen molar-refractivity contribution in [1.29, 1.82) is 0 Å². The Morgan fingerprint density at radius 2 is 0.812 bits per heavy atom. The molecule has 0 N–H and O–H groups in total. The van der Waals surface area contributed by atoms with Crippen LogP contribution in [-0.2, 0) is 0 Å². The first-order valence-corrected chi connectivity index (χ1v) is 16.1. The van der Waals surface area contributed by atoms with Crippen molar-refractivity contribution in [2.45, 2.75) is 0 Å². The third-order valence-electron chi connectivity index (χ3n) is 8.84. The number of fused-ring (bicyclic) bond motifs is 4. The van der Waals surface area contributed by atoms with Gasteiger partial charge in [-0.15, -0.1) is 0 Å². The first kappa shape index (κ1) is 27.8. The van der Waals surface area contributed by atoms with E-state index in [0.29, 0.717) is 0 Å². The summed E-state index contributed by atoms with van der Waals surface area (Å²) in [4.78, 5) is 20.9. The van der Waals surface area contributed by atoms with Crippen LogP contribution in [0.15, 0.2) is 170 Å². The molecule has 4 heteroatoms. The number of pyridine rings is 2. The molecular formula is C44H28N4. The largest absolute Gasteiger partial charge is 0.245 e. The molecule has 0 unspecified atom stereocenters. The van der Waals surface area contributed by atoms with Crippen molar-refractivity contribution >= 4 is 32.8 Å². The summed E-state index contributed by atoms with van der Waals surface area (Å²) in [5.41, 5.74) is 13.4. The molecule has 224 valence electrons. The number of aromatic nitrogens is 4. The van der Waals surface area contributed by atoms with Crippen LogP contribution in [0.3, 0.4) is 0 Å². The summed E-state index contributed by atoms with van der Waals surface area (Å²) < 4.78 is 0. The van der Waals surface area contributed by atoms with E-state index in [1.54, 1.807) is 0 Å². The fourth-order valence-electron chi connectivity index (χ4n) is 6.46. The fraction of sp³-hybridized carbons (Fsp3) is 0. The lowest BCUT2D eigenvalue weighted by molar-refractivity contribution is 1.29. The van der Waals surface area contributed by atoms with Crippen LogP contribution in [0.2, 0.25) is 0 Å². The van der Waals surface area contributed by atoms with E-state index < -0.39 is 0 Å². The van der Waals surface area contributed by atoms with Gasteiger partial charge in [0.1, 0.15) is 0 Å². The highest BCUT2D eigenvalue weighted by atomic mass is 14.8. The van der Waals surface area contributed by atoms with Gasteiger partial charge in [0.2, 0.25) is 0 Å². The molecule has 6 aromatic carbocycles. The van der Waals surface area contributed by atoms with Crippen molar-refractivity contribution in [2.24, 2.45) is 0 Å². The molecule has 4 nitrogen and oxygen atoms in total. The Morgan fingerprint density at radius 3 is 1.40 bits per heavy atom. The smallest absolute Gasteiger partial charge is 0.0978 e. The minimum Gasteiger partial charge on any atom is -0.245 e. The van der Waals surface area contributed by atoms with Gasteiger partial charge in [0, 0.05) is 33.0 Å². The molecule has 0 saturated carbocycles. The lowest BCUT2D eigenvalue weighted by Crippen LogP contribution is -1.96. The van der Waals surface area contributed by atoms with Gasteiger partial charge in [0.05, 0.1) is 44.8 Å². The van der Waals surface area contributed by atoms with Crippen molar-refractivity contribution in [3.8, 4) is 56.2 Å². The Morgan fingerprint density at radius 1 is 0.312 bits per heavy atom. The normalized spacial score (nSPS) is 11.3. The predicted octanol–water partition coefficient (Wildman–Crippen LogP) is 11.1. The van der Waals surface area contributed by atoms with Gasteiger partial charge in [0.25, 0.3) is 0 Å². The molecule has 0 saturated heterocycles. The van der Waals surface area contributed by atoms with Crippen molar-refractivity contribution in [3.05, 3.63) is 170 Å². The van der Waals surface area contributed by atoms with Crippen LogP contribution in [0, 0.1) is 0 Å². The fourth-order valence-corrected chi connectivity index (χ4v) is 6.46. The molecule has 48 heavy (non-hydrogen) atoms. The van der Waals surface area contributed by atoms with Crippen LogP contribution in [0.1, 0.15) is 0 Å². The highest BCUT2D eigenvalue weighted by Crippen LogP contribution is 2.38. The van der Waals surface area contributed by atoms with E-state index in [9.17, 15) is 0 Å². The third kappa shape index (κ3) is 4.97. The number of hydrogen-bond donors (Lipinski definition) is 0. The summed E-state index contributed by atoms with van der Waals surface area (Å²) in [5, 5.41) is 2.07. The molecule has 0 fully saturated rings. The van der Waals surface area contributed by atoms with Crippen molar-refractivity contribution in [2.75, 3.05) is 0 Å². The van der Waals surface area contributed by atoms with Gasteiger partial charge < -0.3 is 0 Å². The van der Waals surface area contributed by atoms with Crippen molar-refractivity contribution in [1.82, 2.24) is 19.9 Å². The predicted molar refractivity (Wildman–Crippen MR) is 197 cm³/mol. The summed E-state index contributed by atoms with van der Waals surface area (Å²) in [7, 11) is 0.